The van der Waals surface area contributed by atoms with Crippen LogP contribution >= 0.6 is 0 Å². The van der Waals surface area contributed by atoms with Crippen LogP contribution in [0.3, 0.4) is 0 Å². The van der Waals surface area contributed by atoms with E-state index in [-0.39, 0.29) is 12.7 Å². The number of rotatable bonds is 3. The summed E-state index contributed by atoms with van der Waals surface area (Å²) in [5.74, 6) is 1.34. The van der Waals surface area contributed by atoms with Gasteiger partial charge in [0.05, 0.1) is 19.3 Å². The van der Waals surface area contributed by atoms with E-state index >= 15 is 0 Å². The molecule has 0 aromatic carbocycles. The van der Waals surface area contributed by atoms with Crippen LogP contribution in [0.2, 0.25) is 0 Å². The Labute approximate surface area is 62.2 Å². The fourth-order valence-electron chi connectivity index (χ4n) is 1.40. The zero-order valence-corrected chi connectivity index (χ0v) is 6.71. The van der Waals surface area contributed by atoms with Crippen LogP contribution in [0.25, 0.3) is 0 Å². The highest BCUT2D eigenvalue weighted by Gasteiger charge is 2.31. The molecule has 1 N–H and O–H groups in total. The van der Waals surface area contributed by atoms with Gasteiger partial charge >= 0.3 is 0 Å². The summed E-state index contributed by atoms with van der Waals surface area (Å²) in [6, 6.07) is 0. The van der Waals surface area contributed by atoms with E-state index < -0.39 is 0 Å². The van der Waals surface area contributed by atoms with Crippen LogP contribution in [-0.4, -0.2) is 24.4 Å². The van der Waals surface area contributed by atoms with E-state index in [0.717, 1.165) is 12.5 Å². The van der Waals surface area contributed by atoms with Gasteiger partial charge in [-0.15, -0.1) is 0 Å². The minimum absolute atomic E-state index is 0.141. The number of aliphatic hydroxyl groups excluding tert-OH is 1. The molecule has 1 rings (SSSR count). The minimum atomic E-state index is 0.141. The van der Waals surface area contributed by atoms with Crippen molar-refractivity contribution in [3.8, 4) is 0 Å². The molecule has 10 heavy (non-hydrogen) atoms. The molecule has 1 aliphatic rings. The maximum Gasteiger partial charge on any atom is 0.0856 e. The summed E-state index contributed by atoms with van der Waals surface area (Å²) < 4.78 is 5.14. The summed E-state index contributed by atoms with van der Waals surface area (Å²) in [7, 11) is 0. The van der Waals surface area contributed by atoms with E-state index in [0.29, 0.717) is 5.92 Å². The van der Waals surface area contributed by atoms with Crippen LogP contribution in [0.15, 0.2) is 0 Å². The van der Waals surface area contributed by atoms with Crippen molar-refractivity contribution in [2.75, 3.05) is 13.2 Å². The molecule has 0 saturated carbocycles. The number of ether oxygens (including phenoxy) is 1. The first kappa shape index (κ1) is 8.02. The lowest BCUT2D eigenvalue weighted by Gasteiger charge is -2.36. The van der Waals surface area contributed by atoms with E-state index in [1.807, 2.05) is 0 Å². The topological polar surface area (TPSA) is 29.5 Å². The van der Waals surface area contributed by atoms with Gasteiger partial charge in [0.25, 0.3) is 0 Å². The first-order chi connectivity index (χ1) is 4.74. The highest BCUT2D eigenvalue weighted by molar-refractivity contribution is 4.78. The maximum atomic E-state index is 8.74. The van der Waals surface area contributed by atoms with Crippen molar-refractivity contribution in [2.45, 2.75) is 26.4 Å². The molecule has 0 radical (unpaired) electrons. The third-order valence-corrected chi connectivity index (χ3v) is 2.00. The number of hydrogen-bond acceptors (Lipinski definition) is 2. The molecule has 0 aromatic rings. The third-order valence-electron chi connectivity index (χ3n) is 2.00. The van der Waals surface area contributed by atoms with Gasteiger partial charge in [-0.05, 0) is 12.3 Å². The molecule has 60 valence electrons. The van der Waals surface area contributed by atoms with Gasteiger partial charge in [0.1, 0.15) is 0 Å². The van der Waals surface area contributed by atoms with Crippen molar-refractivity contribution in [1.29, 1.82) is 0 Å². The van der Waals surface area contributed by atoms with E-state index in [2.05, 4.69) is 13.8 Å². The Hall–Kier alpha value is -0.0800. The van der Waals surface area contributed by atoms with E-state index in [4.69, 9.17) is 9.84 Å². The maximum absolute atomic E-state index is 8.74. The Morgan fingerprint density at radius 1 is 1.60 bits per heavy atom. The van der Waals surface area contributed by atoms with Crippen LogP contribution in [-0.2, 0) is 4.74 Å². The molecule has 1 aliphatic heterocycles. The lowest BCUT2D eigenvalue weighted by molar-refractivity contribution is -0.140. The van der Waals surface area contributed by atoms with Crippen molar-refractivity contribution >= 4 is 0 Å². The molecule has 1 saturated heterocycles. The Bertz CT molecular complexity index is 99.4. The predicted octanol–water partition coefficient (Wildman–Crippen LogP) is 1.04. The van der Waals surface area contributed by atoms with Crippen molar-refractivity contribution in [1.82, 2.24) is 0 Å². The Morgan fingerprint density at radius 3 is 2.60 bits per heavy atom. The predicted molar refractivity (Wildman–Crippen MR) is 39.8 cm³/mol. The average Bonchev–Trinajstić information content (AvgIpc) is 1.82. The molecule has 2 atom stereocenters. The summed E-state index contributed by atoms with van der Waals surface area (Å²) in [6.45, 7) is 5.44. The average molecular weight is 144 g/mol. The first-order valence-corrected chi connectivity index (χ1v) is 3.96. The van der Waals surface area contributed by atoms with Gasteiger partial charge in [0.15, 0.2) is 0 Å². The largest absolute Gasteiger partial charge is 0.394 e. The summed E-state index contributed by atoms with van der Waals surface area (Å²) >= 11 is 0. The second kappa shape index (κ2) is 3.35. The van der Waals surface area contributed by atoms with Gasteiger partial charge in [-0.25, -0.2) is 0 Å². The van der Waals surface area contributed by atoms with E-state index in [9.17, 15) is 0 Å². The Kier molecular flexibility index (Phi) is 2.69. The zero-order valence-electron chi connectivity index (χ0n) is 6.71. The molecule has 0 amide bonds. The molecule has 1 heterocycles. The lowest BCUT2D eigenvalue weighted by atomic mass is 9.89. The highest BCUT2D eigenvalue weighted by Crippen LogP contribution is 2.26. The van der Waals surface area contributed by atoms with Gasteiger partial charge in [-0.3, -0.25) is 0 Å². The van der Waals surface area contributed by atoms with Gasteiger partial charge in [0.2, 0.25) is 0 Å². The van der Waals surface area contributed by atoms with E-state index in [1.54, 1.807) is 0 Å². The SMILES string of the molecule is CC(C)CC1COC1CO. The molecule has 0 spiro atoms. The molecule has 2 unspecified atom stereocenters. The van der Waals surface area contributed by atoms with Crippen LogP contribution < -0.4 is 0 Å². The molecular weight excluding hydrogens is 128 g/mol. The summed E-state index contributed by atoms with van der Waals surface area (Å²) in [5.41, 5.74) is 0. The summed E-state index contributed by atoms with van der Waals surface area (Å²) in [5, 5.41) is 8.74. The summed E-state index contributed by atoms with van der Waals surface area (Å²) in [6.07, 6.45) is 1.33. The molecule has 0 aliphatic carbocycles. The smallest absolute Gasteiger partial charge is 0.0856 e. The fraction of sp³-hybridized carbons (Fsp3) is 1.00. The van der Waals surface area contributed by atoms with Gasteiger partial charge in [0, 0.05) is 5.92 Å². The highest BCUT2D eigenvalue weighted by atomic mass is 16.5. The van der Waals surface area contributed by atoms with Crippen LogP contribution in [0.4, 0.5) is 0 Å². The van der Waals surface area contributed by atoms with Crippen molar-refractivity contribution in [3.63, 3.8) is 0 Å². The Morgan fingerprint density at radius 2 is 2.30 bits per heavy atom. The molecule has 2 heteroatoms. The van der Waals surface area contributed by atoms with Crippen molar-refractivity contribution < 1.29 is 9.84 Å². The quantitative estimate of drug-likeness (QED) is 0.641. The van der Waals surface area contributed by atoms with Gasteiger partial charge < -0.3 is 9.84 Å². The number of hydrogen-bond donors (Lipinski definition) is 1. The van der Waals surface area contributed by atoms with Gasteiger partial charge in [-0.1, -0.05) is 13.8 Å². The molecule has 1 fully saturated rings. The standard InChI is InChI=1S/C8H16O2/c1-6(2)3-7-5-10-8(7)4-9/h6-9H,3-5H2,1-2H3. The van der Waals surface area contributed by atoms with Gasteiger partial charge in [-0.2, -0.15) is 0 Å². The normalized spacial score (nSPS) is 32.4. The zero-order chi connectivity index (χ0) is 7.56. The van der Waals surface area contributed by atoms with Crippen molar-refractivity contribution in [2.24, 2.45) is 11.8 Å². The van der Waals surface area contributed by atoms with Crippen LogP contribution in [0.5, 0.6) is 0 Å². The van der Waals surface area contributed by atoms with Crippen LogP contribution in [0, 0.1) is 11.8 Å². The number of aliphatic hydroxyl groups is 1. The lowest BCUT2D eigenvalue weighted by Crippen LogP contribution is -2.42. The molecule has 2 nitrogen and oxygen atoms in total. The Balaban J connectivity index is 2.16. The van der Waals surface area contributed by atoms with Crippen LogP contribution in [0.1, 0.15) is 20.3 Å². The summed E-state index contributed by atoms with van der Waals surface area (Å²) in [4.78, 5) is 0. The monoisotopic (exact) mass is 144 g/mol. The second-order valence-electron chi connectivity index (χ2n) is 3.44. The minimum Gasteiger partial charge on any atom is -0.394 e. The fourth-order valence-corrected chi connectivity index (χ4v) is 1.40. The third kappa shape index (κ3) is 1.70. The first-order valence-electron chi connectivity index (χ1n) is 3.96. The molecule has 0 aromatic heterocycles. The second-order valence-corrected chi connectivity index (χ2v) is 3.44. The van der Waals surface area contributed by atoms with Crippen molar-refractivity contribution in [3.05, 3.63) is 0 Å². The molecular formula is C8H16O2. The van der Waals surface area contributed by atoms with E-state index in [1.165, 1.54) is 6.42 Å². The molecule has 0 bridgehead atoms.